The molecule has 0 saturated heterocycles. The molecule has 0 atom stereocenters. The van der Waals surface area contributed by atoms with Gasteiger partial charge in [0.2, 0.25) is 10.0 Å². The lowest BCUT2D eigenvalue weighted by Gasteiger charge is -2.37. The van der Waals surface area contributed by atoms with Crippen molar-refractivity contribution in [3.05, 3.63) is 22.4 Å². The number of hydrogen-bond donors (Lipinski definition) is 0. The Morgan fingerprint density at radius 2 is 1.95 bits per heavy atom. The van der Waals surface area contributed by atoms with Crippen molar-refractivity contribution < 1.29 is 8.42 Å². The van der Waals surface area contributed by atoms with Crippen LogP contribution in [0.25, 0.3) is 0 Å². The van der Waals surface area contributed by atoms with E-state index in [0.29, 0.717) is 12.8 Å². The van der Waals surface area contributed by atoms with Gasteiger partial charge in [-0.1, -0.05) is 42.5 Å². The molecular formula is C13H15Cl2N3O2S. The van der Waals surface area contributed by atoms with E-state index in [-0.39, 0.29) is 15.1 Å². The summed E-state index contributed by atoms with van der Waals surface area (Å²) in [6.45, 7) is 0. The Hall–Kier alpha value is -0.870. The highest BCUT2D eigenvalue weighted by Gasteiger charge is 2.43. The minimum absolute atomic E-state index is 0.0472. The van der Waals surface area contributed by atoms with Crippen molar-refractivity contribution in [2.45, 2.75) is 42.5 Å². The van der Waals surface area contributed by atoms with Crippen LogP contribution in [0.2, 0.25) is 10.2 Å². The third-order valence-corrected chi connectivity index (χ3v) is 6.50. The first kappa shape index (κ1) is 16.5. The Bertz CT molecular complexity index is 679. The van der Waals surface area contributed by atoms with Crippen molar-refractivity contribution in [2.75, 3.05) is 7.05 Å². The fraction of sp³-hybridized carbons (Fsp3) is 0.538. The van der Waals surface area contributed by atoms with Gasteiger partial charge >= 0.3 is 0 Å². The number of halogens is 2. The van der Waals surface area contributed by atoms with E-state index >= 15 is 0 Å². The Labute approximate surface area is 134 Å². The van der Waals surface area contributed by atoms with E-state index in [2.05, 4.69) is 11.1 Å². The van der Waals surface area contributed by atoms with Gasteiger partial charge in [-0.25, -0.2) is 13.4 Å². The van der Waals surface area contributed by atoms with Gasteiger partial charge in [0.05, 0.1) is 11.1 Å². The van der Waals surface area contributed by atoms with Crippen LogP contribution in [0.15, 0.2) is 17.2 Å². The molecular weight excluding hydrogens is 333 g/mol. The average molecular weight is 348 g/mol. The fourth-order valence-electron chi connectivity index (χ4n) is 2.57. The molecule has 21 heavy (non-hydrogen) atoms. The summed E-state index contributed by atoms with van der Waals surface area (Å²) in [4.78, 5) is 3.71. The molecule has 1 aliphatic carbocycles. The lowest BCUT2D eigenvalue weighted by Crippen LogP contribution is -2.49. The van der Waals surface area contributed by atoms with Crippen LogP contribution < -0.4 is 0 Å². The molecule has 0 aliphatic heterocycles. The number of sulfonamides is 1. The second kappa shape index (κ2) is 6.09. The summed E-state index contributed by atoms with van der Waals surface area (Å²) in [5.41, 5.74) is -0.997. The first-order valence-corrected chi connectivity index (χ1v) is 8.74. The molecule has 1 heterocycles. The van der Waals surface area contributed by atoms with Crippen LogP contribution in [0.3, 0.4) is 0 Å². The molecule has 1 aliphatic rings. The predicted molar refractivity (Wildman–Crippen MR) is 80.6 cm³/mol. The number of nitrogens with zero attached hydrogens (tertiary/aromatic N) is 3. The van der Waals surface area contributed by atoms with E-state index in [0.717, 1.165) is 29.8 Å². The Morgan fingerprint density at radius 1 is 1.33 bits per heavy atom. The Balaban J connectivity index is 2.42. The molecule has 0 unspecified atom stereocenters. The standard InChI is InChI=1S/C13H15Cl2N3O2S/c1-18(13(9-16)5-3-2-4-6-13)21(19,20)10-7-11(14)12(15)17-8-10/h7-8H,2-6H2,1H3. The van der Waals surface area contributed by atoms with Gasteiger partial charge in [-0.2, -0.15) is 9.57 Å². The highest BCUT2D eigenvalue weighted by molar-refractivity contribution is 7.89. The van der Waals surface area contributed by atoms with Gasteiger partial charge in [-0.15, -0.1) is 0 Å². The van der Waals surface area contributed by atoms with Crippen molar-refractivity contribution >= 4 is 33.2 Å². The summed E-state index contributed by atoms with van der Waals surface area (Å²) >= 11 is 11.5. The molecule has 8 heteroatoms. The van der Waals surface area contributed by atoms with Gasteiger partial charge < -0.3 is 0 Å². The lowest BCUT2D eigenvalue weighted by atomic mass is 9.83. The van der Waals surface area contributed by atoms with Crippen LogP contribution in [0, 0.1) is 11.3 Å². The number of hydrogen-bond acceptors (Lipinski definition) is 4. The molecule has 5 nitrogen and oxygen atoms in total. The van der Waals surface area contributed by atoms with E-state index in [4.69, 9.17) is 23.2 Å². The van der Waals surface area contributed by atoms with Crippen molar-refractivity contribution in [3.63, 3.8) is 0 Å². The molecule has 2 rings (SSSR count). The van der Waals surface area contributed by atoms with Crippen LogP contribution in [-0.4, -0.2) is 30.3 Å². The number of pyridine rings is 1. The third-order valence-electron chi connectivity index (χ3n) is 3.92. The zero-order chi connectivity index (χ0) is 15.7. The number of rotatable bonds is 3. The van der Waals surface area contributed by atoms with E-state index in [1.165, 1.54) is 13.1 Å². The normalized spacial score (nSPS) is 18.4. The van der Waals surface area contributed by atoms with Gasteiger partial charge in [0.1, 0.15) is 15.6 Å². The molecule has 0 N–H and O–H groups in total. The maximum absolute atomic E-state index is 12.7. The summed E-state index contributed by atoms with van der Waals surface area (Å²) in [5.74, 6) is 0. The summed E-state index contributed by atoms with van der Waals surface area (Å²) in [5, 5.41) is 9.62. The molecule has 0 spiro atoms. The molecule has 0 amide bonds. The molecule has 1 aromatic heterocycles. The first-order chi connectivity index (χ1) is 9.83. The van der Waals surface area contributed by atoms with Gasteiger partial charge in [0.15, 0.2) is 0 Å². The second-order valence-electron chi connectivity index (χ2n) is 5.12. The van der Waals surface area contributed by atoms with Crippen LogP contribution in [-0.2, 0) is 10.0 Å². The average Bonchev–Trinajstić information content (AvgIpc) is 2.49. The fourth-order valence-corrected chi connectivity index (χ4v) is 4.35. The monoisotopic (exact) mass is 347 g/mol. The molecule has 0 aromatic carbocycles. The van der Waals surface area contributed by atoms with Crippen molar-refractivity contribution in [3.8, 4) is 6.07 Å². The highest BCUT2D eigenvalue weighted by Crippen LogP contribution is 2.36. The summed E-state index contributed by atoms with van der Waals surface area (Å²) in [6, 6.07) is 3.45. The van der Waals surface area contributed by atoms with E-state index in [1.807, 2.05) is 0 Å². The Kier molecular flexibility index (Phi) is 4.79. The van der Waals surface area contributed by atoms with Crippen LogP contribution in [0.5, 0.6) is 0 Å². The summed E-state index contributed by atoms with van der Waals surface area (Å²) < 4.78 is 26.5. The van der Waals surface area contributed by atoms with Crippen molar-refractivity contribution in [2.24, 2.45) is 0 Å². The second-order valence-corrected chi connectivity index (χ2v) is 7.85. The predicted octanol–water partition coefficient (Wildman–Crippen LogP) is 3.24. The smallest absolute Gasteiger partial charge is 0.242 e. The van der Waals surface area contributed by atoms with Crippen LogP contribution >= 0.6 is 23.2 Å². The lowest BCUT2D eigenvalue weighted by molar-refractivity contribution is 0.212. The molecule has 1 saturated carbocycles. The maximum Gasteiger partial charge on any atom is 0.245 e. The van der Waals surface area contributed by atoms with Crippen molar-refractivity contribution in [1.29, 1.82) is 5.26 Å². The first-order valence-electron chi connectivity index (χ1n) is 6.55. The largest absolute Gasteiger partial charge is 0.245 e. The van der Waals surface area contributed by atoms with Gasteiger partial charge in [-0.3, -0.25) is 0 Å². The highest BCUT2D eigenvalue weighted by atomic mass is 35.5. The zero-order valence-electron chi connectivity index (χ0n) is 11.5. The Morgan fingerprint density at radius 3 is 2.48 bits per heavy atom. The molecule has 1 fully saturated rings. The minimum Gasteiger partial charge on any atom is -0.242 e. The van der Waals surface area contributed by atoms with Gasteiger partial charge in [0.25, 0.3) is 0 Å². The number of nitriles is 1. The molecule has 0 radical (unpaired) electrons. The SMILES string of the molecule is CN(C1(C#N)CCCCC1)S(=O)(=O)c1cnc(Cl)c(Cl)c1. The van der Waals surface area contributed by atoms with Crippen LogP contribution in [0.4, 0.5) is 0 Å². The molecule has 1 aromatic rings. The molecule has 114 valence electrons. The van der Waals surface area contributed by atoms with Gasteiger partial charge in [0, 0.05) is 13.2 Å². The van der Waals surface area contributed by atoms with Crippen molar-refractivity contribution in [1.82, 2.24) is 9.29 Å². The number of aromatic nitrogens is 1. The maximum atomic E-state index is 12.7. The minimum atomic E-state index is -3.84. The van der Waals surface area contributed by atoms with E-state index in [9.17, 15) is 13.7 Å². The quantitative estimate of drug-likeness (QED) is 0.786. The summed E-state index contributed by atoms with van der Waals surface area (Å²) in [6.07, 6.45) is 4.93. The van der Waals surface area contributed by atoms with E-state index < -0.39 is 15.6 Å². The van der Waals surface area contributed by atoms with Crippen LogP contribution in [0.1, 0.15) is 32.1 Å². The van der Waals surface area contributed by atoms with E-state index in [1.54, 1.807) is 0 Å². The zero-order valence-corrected chi connectivity index (χ0v) is 13.8. The van der Waals surface area contributed by atoms with Gasteiger partial charge in [-0.05, 0) is 18.9 Å². The third kappa shape index (κ3) is 3.02. The molecule has 0 bridgehead atoms. The topological polar surface area (TPSA) is 74.1 Å². The summed E-state index contributed by atoms with van der Waals surface area (Å²) in [7, 11) is -2.41.